The average molecular weight is 219 g/mol. The highest BCUT2D eigenvalue weighted by Gasteiger charge is 2.04. The first-order valence-corrected chi connectivity index (χ1v) is 5.56. The molecule has 0 N–H and O–H groups in total. The van der Waals surface area contributed by atoms with Crippen LogP contribution in [0.15, 0.2) is 30.5 Å². The van der Waals surface area contributed by atoms with E-state index in [9.17, 15) is 0 Å². The Hall–Kier alpha value is -1.48. The van der Waals surface area contributed by atoms with Crippen LogP contribution in [0.3, 0.4) is 0 Å². The van der Waals surface area contributed by atoms with Crippen LogP contribution in [0.2, 0.25) is 0 Å². The minimum absolute atomic E-state index is 0.748. The van der Waals surface area contributed by atoms with Crippen molar-refractivity contribution in [3.63, 3.8) is 0 Å². The summed E-state index contributed by atoms with van der Waals surface area (Å²) in [5, 5.41) is 1.15. The van der Waals surface area contributed by atoms with Gasteiger partial charge in [-0.25, -0.2) is 0 Å². The SMILES string of the molecule is CCOCCn1ccc2c(OC)cccc21. The van der Waals surface area contributed by atoms with Crippen LogP contribution in [0.4, 0.5) is 0 Å². The molecule has 1 heterocycles. The first kappa shape index (κ1) is 11.0. The van der Waals surface area contributed by atoms with Crippen molar-refractivity contribution in [3.8, 4) is 5.75 Å². The highest BCUT2D eigenvalue weighted by Crippen LogP contribution is 2.25. The van der Waals surface area contributed by atoms with Gasteiger partial charge in [-0.1, -0.05) is 6.07 Å². The van der Waals surface area contributed by atoms with Crippen LogP contribution < -0.4 is 4.74 Å². The highest BCUT2D eigenvalue weighted by molar-refractivity contribution is 5.86. The van der Waals surface area contributed by atoms with Gasteiger partial charge in [-0.15, -0.1) is 0 Å². The summed E-state index contributed by atoms with van der Waals surface area (Å²) >= 11 is 0. The first-order valence-electron chi connectivity index (χ1n) is 5.56. The van der Waals surface area contributed by atoms with Gasteiger partial charge in [-0.2, -0.15) is 0 Å². The molecule has 2 rings (SSSR count). The molecule has 0 fully saturated rings. The second-order valence-electron chi connectivity index (χ2n) is 3.60. The predicted octanol–water partition coefficient (Wildman–Crippen LogP) is 2.69. The van der Waals surface area contributed by atoms with Gasteiger partial charge < -0.3 is 14.0 Å². The van der Waals surface area contributed by atoms with Gasteiger partial charge in [0.15, 0.2) is 0 Å². The summed E-state index contributed by atoms with van der Waals surface area (Å²) in [6.07, 6.45) is 2.08. The molecule has 0 amide bonds. The highest BCUT2D eigenvalue weighted by atomic mass is 16.5. The van der Waals surface area contributed by atoms with E-state index < -0.39 is 0 Å². The third-order valence-electron chi connectivity index (χ3n) is 2.67. The Morgan fingerprint density at radius 1 is 1.25 bits per heavy atom. The quantitative estimate of drug-likeness (QED) is 0.722. The van der Waals surface area contributed by atoms with Crippen molar-refractivity contribution in [1.82, 2.24) is 4.57 Å². The maximum Gasteiger partial charge on any atom is 0.128 e. The lowest BCUT2D eigenvalue weighted by molar-refractivity contribution is 0.140. The molecule has 0 atom stereocenters. The van der Waals surface area contributed by atoms with E-state index in [4.69, 9.17) is 9.47 Å². The lowest BCUT2D eigenvalue weighted by Gasteiger charge is -2.06. The molecule has 1 aromatic carbocycles. The third kappa shape index (κ3) is 2.04. The zero-order valence-electron chi connectivity index (χ0n) is 9.77. The second kappa shape index (κ2) is 5.03. The summed E-state index contributed by atoms with van der Waals surface area (Å²) in [5.74, 6) is 0.924. The van der Waals surface area contributed by atoms with Crippen molar-refractivity contribution in [1.29, 1.82) is 0 Å². The van der Waals surface area contributed by atoms with Crippen LogP contribution in [0, 0.1) is 0 Å². The number of nitrogens with zero attached hydrogens (tertiary/aromatic N) is 1. The molecule has 0 radical (unpaired) electrons. The van der Waals surface area contributed by atoms with Crippen LogP contribution in [0.5, 0.6) is 5.75 Å². The molecule has 16 heavy (non-hydrogen) atoms. The van der Waals surface area contributed by atoms with Crippen molar-refractivity contribution >= 4 is 10.9 Å². The van der Waals surface area contributed by atoms with Gasteiger partial charge in [0, 0.05) is 24.7 Å². The van der Waals surface area contributed by atoms with Gasteiger partial charge in [0.2, 0.25) is 0 Å². The molecule has 0 saturated carbocycles. The Morgan fingerprint density at radius 2 is 2.12 bits per heavy atom. The summed E-state index contributed by atoms with van der Waals surface area (Å²) in [6.45, 7) is 4.40. The Balaban J connectivity index is 2.27. The largest absolute Gasteiger partial charge is 0.496 e. The third-order valence-corrected chi connectivity index (χ3v) is 2.67. The Kier molecular flexibility index (Phi) is 3.47. The van der Waals surface area contributed by atoms with Crippen LogP contribution in [0.1, 0.15) is 6.92 Å². The van der Waals surface area contributed by atoms with E-state index in [1.807, 2.05) is 19.1 Å². The molecular formula is C13H17NO2. The van der Waals surface area contributed by atoms with Gasteiger partial charge in [0.05, 0.1) is 19.2 Å². The van der Waals surface area contributed by atoms with Crippen molar-refractivity contribution in [2.75, 3.05) is 20.3 Å². The molecule has 86 valence electrons. The fraction of sp³-hybridized carbons (Fsp3) is 0.385. The molecule has 3 nitrogen and oxygen atoms in total. The van der Waals surface area contributed by atoms with Gasteiger partial charge >= 0.3 is 0 Å². The van der Waals surface area contributed by atoms with Crippen LogP contribution >= 0.6 is 0 Å². The maximum atomic E-state index is 5.36. The van der Waals surface area contributed by atoms with E-state index in [1.165, 1.54) is 5.52 Å². The number of hydrogen-bond donors (Lipinski definition) is 0. The second-order valence-corrected chi connectivity index (χ2v) is 3.60. The minimum atomic E-state index is 0.748. The average Bonchev–Trinajstić information content (AvgIpc) is 2.73. The fourth-order valence-corrected chi connectivity index (χ4v) is 1.88. The lowest BCUT2D eigenvalue weighted by atomic mass is 10.2. The molecule has 1 aromatic heterocycles. The molecule has 0 unspecified atom stereocenters. The molecule has 0 aliphatic heterocycles. The van der Waals surface area contributed by atoms with Crippen molar-refractivity contribution in [2.45, 2.75) is 13.5 Å². The molecule has 0 saturated heterocycles. The van der Waals surface area contributed by atoms with Crippen LogP contribution in [-0.2, 0) is 11.3 Å². The zero-order chi connectivity index (χ0) is 11.4. The lowest BCUT2D eigenvalue weighted by Crippen LogP contribution is -2.04. The van der Waals surface area contributed by atoms with Gasteiger partial charge in [0.1, 0.15) is 5.75 Å². The van der Waals surface area contributed by atoms with Crippen molar-refractivity contribution in [3.05, 3.63) is 30.5 Å². The molecule has 0 aliphatic carbocycles. The predicted molar refractivity (Wildman–Crippen MR) is 65.0 cm³/mol. The molecule has 2 aromatic rings. The number of methoxy groups -OCH3 is 1. The van der Waals surface area contributed by atoms with Crippen molar-refractivity contribution in [2.24, 2.45) is 0 Å². The Morgan fingerprint density at radius 3 is 2.88 bits per heavy atom. The van der Waals surface area contributed by atoms with Gasteiger partial charge in [-0.05, 0) is 25.1 Å². The van der Waals surface area contributed by atoms with E-state index >= 15 is 0 Å². The van der Waals surface area contributed by atoms with Gasteiger partial charge in [0.25, 0.3) is 0 Å². The molecule has 0 bridgehead atoms. The standard InChI is InChI=1S/C13H17NO2/c1-3-16-10-9-14-8-7-11-12(14)5-4-6-13(11)15-2/h4-8H,3,9-10H2,1-2H3. The summed E-state index contributed by atoms with van der Waals surface area (Å²) in [7, 11) is 1.70. The molecule has 0 aliphatic rings. The summed E-state index contributed by atoms with van der Waals surface area (Å²) in [4.78, 5) is 0. The smallest absolute Gasteiger partial charge is 0.128 e. The van der Waals surface area contributed by atoms with E-state index in [-0.39, 0.29) is 0 Å². The van der Waals surface area contributed by atoms with Crippen LogP contribution in [0.25, 0.3) is 10.9 Å². The summed E-state index contributed by atoms with van der Waals surface area (Å²) < 4.78 is 12.9. The topological polar surface area (TPSA) is 23.4 Å². The molecular weight excluding hydrogens is 202 g/mol. The van der Waals surface area contributed by atoms with Crippen molar-refractivity contribution < 1.29 is 9.47 Å². The fourth-order valence-electron chi connectivity index (χ4n) is 1.88. The Bertz CT molecular complexity index is 462. The normalized spacial score (nSPS) is 10.9. The summed E-state index contributed by atoms with van der Waals surface area (Å²) in [6, 6.07) is 8.18. The monoisotopic (exact) mass is 219 g/mol. The Labute approximate surface area is 95.6 Å². The number of benzene rings is 1. The molecule has 3 heteroatoms. The zero-order valence-corrected chi connectivity index (χ0v) is 9.77. The number of fused-ring (bicyclic) bond motifs is 1. The number of aromatic nitrogens is 1. The minimum Gasteiger partial charge on any atom is -0.496 e. The van der Waals surface area contributed by atoms with E-state index in [0.29, 0.717) is 0 Å². The van der Waals surface area contributed by atoms with E-state index in [0.717, 1.165) is 30.9 Å². The maximum absolute atomic E-state index is 5.36. The summed E-state index contributed by atoms with van der Waals surface area (Å²) in [5.41, 5.74) is 1.19. The van der Waals surface area contributed by atoms with E-state index in [2.05, 4.69) is 22.9 Å². The van der Waals surface area contributed by atoms with E-state index in [1.54, 1.807) is 7.11 Å². The van der Waals surface area contributed by atoms with Gasteiger partial charge in [-0.3, -0.25) is 0 Å². The molecule has 0 spiro atoms. The number of rotatable bonds is 5. The number of ether oxygens (including phenoxy) is 2. The first-order chi connectivity index (χ1) is 7.86. The van der Waals surface area contributed by atoms with Crippen LogP contribution in [-0.4, -0.2) is 24.9 Å². The number of hydrogen-bond acceptors (Lipinski definition) is 2.